The van der Waals surface area contributed by atoms with E-state index in [1.807, 2.05) is 24.3 Å². The highest BCUT2D eigenvalue weighted by atomic mass is 127. The normalized spacial score (nSPS) is 15.7. The summed E-state index contributed by atoms with van der Waals surface area (Å²) in [7, 11) is -0.840. The molecule has 1 fully saturated rings. The third-order valence-electron chi connectivity index (χ3n) is 4.93. The molecule has 0 aromatic heterocycles. The highest BCUT2D eigenvalue weighted by molar-refractivity contribution is 14.1. The van der Waals surface area contributed by atoms with Crippen LogP contribution in [0.3, 0.4) is 0 Å². The molecule has 1 heterocycles. The molecule has 3 rings (SSSR count). The van der Waals surface area contributed by atoms with Crippen LogP contribution in [0.2, 0.25) is 0 Å². The average molecular weight is 530 g/mol. The number of carbonyl (C=O) groups excluding carboxylic acids is 1. The summed E-state index contributed by atoms with van der Waals surface area (Å²) in [6.07, 6.45) is 0.920. The second-order valence-electron chi connectivity index (χ2n) is 6.69. The lowest BCUT2D eigenvalue weighted by atomic mass is 9.97. The van der Waals surface area contributed by atoms with Crippen molar-refractivity contribution in [2.75, 3.05) is 32.6 Å². The molecule has 2 aromatic carbocycles. The summed E-state index contributed by atoms with van der Waals surface area (Å²) in [5.41, 5.74) is 0.742. The minimum absolute atomic E-state index is 0.0705. The van der Waals surface area contributed by atoms with Crippen molar-refractivity contribution < 1.29 is 22.7 Å². The number of carbonyl (C=O) groups is 1. The van der Waals surface area contributed by atoms with Crippen LogP contribution in [0, 0.1) is 9.49 Å². The largest absolute Gasteiger partial charge is 0.497 e. The number of halogens is 1. The summed E-state index contributed by atoms with van der Waals surface area (Å²) < 4.78 is 39.1. The molecule has 1 aliphatic heterocycles. The van der Waals surface area contributed by atoms with Gasteiger partial charge in [-0.05, 0) is 71.8 Å². The highest BCUT2D eigenvalue weighted by Gasteiger charge is 2.34. The Morgan fingerprint density at radius 2 is 1.72 bits per heavy atom. The van der Waals surface area contributed by atoms with Gasteiger partial charge in [-0.2, -0.15) is 4.31 Å². The number of methoxy groups -OCH3 is 2. The minimum Gasteiger partial charge on any atom is -0.497 e. The van der Waals surface area contributed by atoms with Crippen molar-refractivity contribution in [3.05, 3.63) is 46.0 Å². The predicted octanol–water partition coefficient (Wildman–Crippen LogP) is 3.35. The molecular weight excluding hydrogens is 507 g/mol. The Morgan fingerprint density at radius 3 is 2.31 bits per heavy atom. The van der Waals surface area contributed by atoms with Crippen LogP contribution in [0.15, 0.2) is 47.4 Å². The van der Waals surface area contributed by atoms with Gasteiger partial charge in [-0.3, -0.25) is 4.79 Å². The molecular formula is C20H23IN2O5S. The van der Waals surface area contributed by atoms with Gasteiger partial charge in [-0.1, -0.05) is 0 Å². The molecule has 9 heteroatoms. The van der Waals surface area contributed by atoms with Gasteiger partial charge in [0, 0.05) is 34.3 Å². The first-order valence-electron chi connectivity index (χ1n) is 9.13. The van der Waals surface area contributed by atoms with Gasteiger partial charge in [-0.15, -0.1) is 0 Å². The maximum absolute atomic E-state index is 13.1. The van der Waals surface area contributed by atoms with Crippen molar-refractivity contribution in [2.24, 2.45) is 5.92 Å². The number of amides is 1. The topological polar surface area (TPSA) is 84.9 Å². The van der Waals surface area contributed by atoms with E-state index in [2.05, 4.69) is 27.9 Å². The zero-order valence-corrected chi connectivity index (χ0v) is 19.2. The Bertz CT molecular complexity index is 971. The lowest BCUT2D eigenvalue weighted by Gasteiger charge is -2.31. The van der Waals surface area contributed by atoms with Crippen molar-refractivity contribution in [1.82, 2.24) is 4.31 Å². The first-order valence-corrected chi connectivity index (χ1v) is 11.7. The van der Waals surface area contributed by atoms with Gasteiger partial charge in [0.05, 0.1) is 14.2 Å². The van der Waals surface area contributed by atoms with E-state index in [1.165, 1.54) is 24.6 Å². The number of benzene rings is 2. The predicted molar refractivity (Wildman–Crippen MR) is 119 cm³/mol. The molecule has 1 amide bonds. The first kappa shape index (κ1) is 21.8. The molecule has 7 nitrogen and oxygen atoms in total. The second-order valence-corrected chi connectivity index (χ2v) is 9.84. The lowest BCUT2D eigenvalue weighted by molar-refractivity contribution is -0.120. The monoisotopic (exact) mass is 530 g/mol. The molecule has 29 heavy (non-hydrogen) atoms. The van der Waals surface area contributed by atoms with Crippen LogP contribution in [-0.2, 0) is 14.8 Å². The number of rotatable bonds is 6. The molecule has 0 radical (unpaired) electrons. The third kappa shape index (κ3) is 5.01. The number of piperidine rings is 1. The first-order chi connectivity index (χ1) is 13.8. The number of anilines is 1. The van der Waals surface area contributed by atoms with Crippen LogP contribution in [0.1, 0.15) is 12.8 Å². The van der Waals surface area contributed by atoms with Crippen LogP contribution >= 0.6 is 22.6 Å². The Balaban J connectivity index is 1.68. The molecule has 1 N–H and O–H groups in total. The number of hydrogen-bond acceptors (Lipinski definition) is 5. The van der Waals surface area contributed by atoms with Crippen LogP contribution in [0.5, 0.6) is 11.5 Å². The molecule has 0 atom stereocenters. The van der Waals surface area contributed by atoms with Crippen LogP contribution < -0.4 is 14.8 Å². The van der Waals surface area contributed by atoms with E-state index < -0.39 is 10.0 Å². The summed E-state index contributed by atoms with van der Waals surface area (Å²) in [4.78, 5) is 12.6. The fraction of sp³-hybridized carbons (Fsp3) is 0.350. The van der Waals surface area contributed by atoms with E-state index in [0.29, 0.717) is 18.6 Å². The average Bonchev–Trinajstić information content (AvgIpc) is 2.74. The smallest absolute Gasteiger partial charge is 0.246 e. The van der Waals surface area contributed by atoms with Crippen LogP contribution in [-0.4, -0.2) is 45.9 Å². The number of hydrogen-bond donors (Lipinski definition) is 1. The molecule has 0 unspecified atom stereocenters. The number of sulfonamides is 1. The van der Waals surface area contributed by atoms with E-state index >= 15 is 0 Å². The van der Waals surface area contributed by atoms with Crippen LogP contribution in [0.25, 0.3) is 0 Å². The SMILES string of the molecule is COc1ccc(OC)c(S(=O)(=O)N2CCC(C(=O)Nc3ccc(I)cc3)CC2)c1. The molecule has 0 aliphatic carbocycles. The van der Waals surface area contributed by atoms with Gasteiger partial charge < -0.3 is 14.8 Å². The second kappa shape index (κ2) is 9.31. The highest BCUT2D eigenvalue weighted by Crippen LogP contribution is 2.32. The van der Waals surface area contributed by atoms with Crippen LogP contribution in [0.4, 0.5) is 5.69 Å². The molecule has 0 saturated carbocycles. The lowest BCUT2D eigenvalue weighted by Crippen LogP contribution is -2.41. The Hall–Kier alpha value is -1.85. The van der Waals surface area contributed by atoms with Gasteiger partial charge in [0.25, 0.3) is 0 Å². The van der Waals surface area contributed by atoms with Crippen molar-refractivity contribution in [3.8, 4) is 11.5 Å². The zero-order valence-electron chi connectivity index (χ0n) is 16.2. The Kier molecular flexibility index (Phi) is 7.01. The van der Waals surface area contributed by atoms with Gasteiger partial charge in [-0.25, -0.2) is 8.42 Å². The van der Waals surface area contributed by atoms with Gasteiger partial charge in [0.1, 0.15) is 16.4 Å². The molecule has 1 saturated heterocycles. The maximum Gasteiger partial charge on any atom is 0.246 e. The number of ether oxygens (including phenoxy) is 2. The fourth-order valence-electron chi connectivity index (χ4n) is 3.26. The van der Waals surface area contributed by atoms with E-state index in [0.717, 1.165) is 9.26 Å². The van der Waals surface area contributed by atoms with E-state index in [9.17, 15) is 13.2 Å². The standard InChI is InChI=1S/C20H23IN2O5S/c1-27-17-7-8-18(28-2)19(13-17)29(25,26)23-11-9-14(10-12-23)20(24)22-16-5-3-15(21)4-6-16/h3-8,13-14H,9-12H2,1-2H3,(H,22,24). The number of nitrogens with zero attached hydrogens (tertiary/aromatic N) is 1. The third-order valence-corrected chi connectivity index (χ3v) is 7.56. The maximum atomic E-state index is 13.1. The Morgan fingerprint density at radius 1 is 1.07 bits per heavy atom. The summed E-state index contributed by atoms with van der Waals surface area (Å²) >= 11 is 2.21. The van der Waals surface area contributed by atoms with Gasteiger partial charge >= 0.3 is 0 Å². The summed E-state index contributed by atoms with van der Waals surface area (Å²) in [6, 6.07) is 12.2. The minimum atomic E-state index is -3.75. The number of nitrogens with one attached hydrogen (secondary N) is 1. The summed E-state index contributed by atoms with van der Waals surface area (Å²) in [6.45, 7) is 0.543. The molecule has 1 aliphatic rings. The summed E-state index contributed by atoms with van der Waals surface area (Å²) in [5, 5.41) is 2.91. The van der Waals surface area contributed by atoms with Gasteiger partial charge in [0.15, 0.2) is 0 Å². The van der Waals surface area contributed by atoms with Crippen molar-refractivity contribution in [1.29, 1.82) is 0 Å². The van der Waals surface area contributed by atoms with Gasteiger partial charge in [0.2, 0.25) is 15.9 Å². The van der Waals surface area contributed by atoms with E-state index in [4.69, 9.17) is 9.47 Å². The zero-order chi connectivity index (χ0) is 21.0. The van der Waals surface area contributed by atoms with Crippen molar-refractivity contribution >= 4 is 44.2 Å². The van der Waals surface area contributed by atoms with E-state index in [-0.39, 0.29) is 35.6 Å². The molecule has 0 spiro atoms. The fourth-order valence-corrected chi connectivity index (χ4v) is 5.26. The summed E-state index contributed by atoms with van der Waals surface area (Å²) in [5.74, 6) is 0.399. The van der Waals surface area contributed by atoms with E-state index in [1.54, 1.807) is 12.1 Å². The van der Waals surface area contributed by atoms with Crippen molar-refractivity contribution in [3.63, 3.8) is 0 Å². The molecule has 0 bridgehead atoms. The quantitative estimate of drug-likeness (QED) is 0.580. The molecule has 156 valence electrons. The molecule has 2 aromatic rings. The van der Waals surface area contributed by atoms with Crippen molar-refractivity contribution in [2.45, 2.75) is 17.7 Å². The Labute approximate surface area is 184 Å².